The minimum atomic E-state index is -1.81. The number of ketones is 1. The average Bonchev–Trinajstić information content (AvgIpc) is 3.02. The van der Waals surface area contributed by atoms with E-state index in [1.54, 1.807) is 6.08 Å². The van der Waals surface area contributed by atoms with Crippen molar-refractivity contribution in [3.63, 3.8) is 0 Å². The third-order valence-electron chi connectivity index (χ3n) is 6.67. The first-order valence-corrected chi connectivity index (χ1v) is 11.9. The van der Waals surface area contributed by atoms with Crippen LogP contribution >= 0.6 is 0 Å². The van der Waals surface area contributed by atoms with Crippen molar-refractivity contribution in [1.29, 1.82) is 0 Å². The fourth-order valence-electron chi connectivity index (χ4n) is 5.71. The predicted molar refractivity (Wildman–Crippen MR) is 105 cm³/mol. The monoisotopic (exact) mass is 348 g/mol. The van der Waals surface area contributed by atoms with E-state index in [-0.39, 0.29) is 5.92 Å². The van der Waals surface area contributed by atoms with Gasteiger partial charge in [-0.3, -0.25) is 4.79 Å². The molecule has 0 amide bonds. The summed E-state index contributed by atoms with van der Waals surface area (Å²) in [5.41, 5.74) is 1.83. The van der Waals surface area contributed by atoms with Gasteiger partial charge in [0, 0.05) is 12.5 Å². The van der Waals surface area contributed by atoms with Crippen LogP contribution in [-0.2, 0) is 9.22 Å². The van der Waals surface area contributed by atoms with E-state index in [0.717, 1.165) is 19.4 Å². The summed E-state index contributed by atoms with van der Waals surface area (Å²) >= 11 is 0. The highest BCUT2D eigenvalue weighted by Crippen LogP contribution is 2.48. The molecule has 0 unspecified atom stereocenters. The zero-order valence-electron chi connectivity index (χ0n) is 16.4. The summed E-state index contributed by atoms with van der Waals surface area (Å²) < 4.78 is 6.73. The Morgan fingerprint density at radius 2 is 1.79 bits per heavy atom. The molecule has 136 valence electrons. The van der Waals surface area contributed by atoms with Crippen molar-refractivity contribution in [3.8, 4) is 0 Å². The smallest absolute Gasteiger partial charge is 0.200 e. The van der Waals surface area contributed by atoms with Crippen LogP contribution in [0, 0.1) is 23.7 Å². The van der Waals surface area contributed by atoms with Gasteiger partial charge in [-0.15, -0.1) is 6.58 Å². The largest absolute Gasteiger partial charge is 0.416 e. The number of fused-ring (bicyclic) bond motifs is 1. The summed E-state index contributed by atoms with van der Waals surface area (Å²) in [7, 11) is -1.81. The molecule has 0 aliphatic heterocycles. The summed E-state index contributed by atoms with van der Waals surface area (Å²) in [6.45, 7) is 18.8. The fourth-order valence-corrected chi connectivity index (χ4v) is 11.2. The minimum absolute atomic E-state index is 0.185. The third kappa shape index (κ3) is 3.34. The second kappa shape index (κ2) is 7.70. The van der Waals surface area contributed by atoms with E-state index >= 15 is 0 Å². The summed E-state index contributed by atoms with van der Waals surface area (Å²) in [6, 6.07) is 0. The molecule has 0 aromatic rings. The Labute approximate surface area is 149 Å². The van der Waals surface area contributed by atoms with E-state index in [4.69, 9.17) is 4.43 Å². The molecule has 2 aliphatic rings. The molecule has 0 aromatic heterocycles. The zero-order valence-corrected chi connectivity index (χ0v) is 17.4. The lowest BCUT2D eigenvalue weighted by Gasteiger charge is -2.42. The van der Waals surface area contributed by atoms with Gasteiger partial charge < -0.3 is 4.43 Å². The van der Waals surface area contributed by atoms with Crippen LogP contribution in [0.4, 0.5) is 0 Å². The highest BCUT2D eigenvalue weighted by atomic mass is 28.4. The normalized spacial score (nSPS) is 30.0. The van der Waals surface area contributed by atoms with Crippen LogP contribution in [0.3, 0.4) is 0 Å². The van der Waals surface area contributed by atoms with Gasteiger partial charge in [0.25, 0.3) is 0 Å². The highest BCUT2D eigenvalue weighted by molar-refractivity contribution is 6.77. The van der Waals surface area contributed by atoms with Crippen LogP contribution in [0.2, 0.25) is 16.6 Å². The average molecular weight is 349 g/mol. The molecule has 0 N–H and O–H groups in total. The minimum Gasteiger partial charge on any atom is -0.416 e. The molecule has 2 aliphatic carbocycles. The number of hydrogen-bond donors (Lipinski definition) is 0. The van der Waals surface area contributed by atoms with Gasteiger partial charge in [0.15, 0.2) is 14.1 Å². The van der Waals surface area contributed by atoms with Gasteiger partial charge in [-0.05, 0) is 53.3 Å². The quantitative estimate of drug-likeness (QED) is 0.411. The van der Waals surface area contributed by atoms with E-state index in [1.807, 2.05) is 0 Å². The maximum atomic E-state index is 12.3. The number of rotatable bonds is 8. The Bertz CT molecular complexity index is 470. The predicted octanol–water partition coefficient (Wildman–Crippen LogP) is 5.76. The van der Waals surface area contributed by atoms with E-state index in [9.17, 15) is 4.79 Å². The summed E-state index contributed by atoms with van der Waals surface area (Å²) in [6.07, 6.45) is 8.08. The first-order valence-electron chi connectivity index (χ1n) is 9.74. The zero-order chi connectivity index (χ0) is 18.1. The molecule has 2 rings (SSSR count). The van der Waals surface area contributed by atoms with Gasteiger partial charge in [0.05, 0.1) is 0 Å². The lowest BCUT2D eigenvalue weighted by Crippen LogP contribution is -2.48. The lowest BCUT2D eigenvalue weighted by atomic mass is 9.84. The Morgan fingerprint density at radius 1 is 1.21 bits per heavy atom. The fraction of sp³-hybridized carbons (Fsp3) is 0.762. The van der Waals surface area contributed by atoms with Crippen molar-refractivity contribution in [2.45, 2.75) is 71.0 Å². The van der Waals surface area contributed by atoms with E-state index in [1.165, 1.54) is 0 Å². The Morgan fingerprint density at radius 3 is 2.29 bits per heavy atom. The Hall–Kier alpha value is -0.673. The van der Waals surface area contributed by atoms with Gasteiger partial charge in [-0.25, -0.2) is 0 Å². The molecule has 0 aromatic carbocycles. The van der Waals surface area contributed by atoms with Crippen molar-refractivity contribution >= 4 is 14.1 Å². The molecule has 24 heavy (non-hydrogen) atoms. The molecule has 0 heterocycles. The molecule has 4 atom stereocenters. The lowest BCUT2D eigenvalue weighted by molar-refractivity contribution is -0.119. The van der Waals surface area contributed by atoms with Crippen molar-refractivity contribution < 1.29 is 9.22 Å². The summed E-state index contributed by atoms with van der Waals surface area (Å²) in [4.78, 5) is 12.3. The number of carbonyl (C=O) groups excluding carboxylic acids is 1. The molecule has 1 fully saturated rings. The maximum Gasteiger partial charge on any atom is 0.200 e. The van der Waals surface area contributed by atoms with E-state index < -0.39 is 8.32 Å². The molecule has 3 heteroatoms. The number of hydrogen-bond acceptors (Lipinski definition) is 2. The van der Waals surface area contributed by atoms with E-state index in [2.05, 4.69) is 60.3 Å². The summed E-state index contributed by atoms with van der Waals surface area (Å²) in [5.74, 6) is 1.82. The van der Waals surface area contributed by atoms with E-state index in [0.29, 0.717) is 40.2 Å². The van der Waals surface area contributed by atoms with Crippen LogP contribution < -0.4 is 0 Å². The van der Waals surface area contributed by atoms with Crippen molar-refractivity contribution in [3.05, 3.63) is 24.8 Å². The summed E-state index contributed by atoms with van der Waals surface area (Å²) in [5, 5.41) is 0. The molecule has 2 nitrogen and oxygen atoms in total. The van der Waals surface area contributed by atoms with Crippen molar-refractivity contribution in [1.82, 2.24) is 0 Å². The molecule has 0 spiro atoms. The maximum absolute atomic E-state index is 12.3. The van der Waals surface area contributed by atoms with Gasteiger partial charge >= 0.3 is 0 Å². The second-order valence-corrected chi connectivity index (χ2v) is 14.2. The third-order valence-corrected chi connectivity index (χ3v) is 12.8. The topological polar surface area (TPSA) is 26.3 Å². The molecular formula is C21H36O2Si. The SMILES string of the molecule is C=C[C@@H]1C[C@@H]2C=CC(=O)[C@@H]2[C@H]1CCO[Si](C(C)C)(C(C)C)C(C)C. The van der Waals surface area contributed by atoms with Gasteiger partial charge in [0.1, 0.15) is 0 Å². The molecule has 0 bridgehead atoms. The first kappa shape index (κ1) is 19.6. The van der Waals surface area contributed by atoms with Crippen molar-refractivity contribution in [2.24, 2.45) is 23.7 Å². The second-order valence-electron chi connectivity index (χ2n) is 8.71. The molecule has 1 saturated carbocycles. The van der Waals surface area contributed by atoms with Crippen LogP contribution in [0.15, 0.2) is 24.8 Å². The van der Waals surface area contributed by atoms with Crippen molar-refractivity contribution in [2.75, 3.05) is 6.61 Å². The molecule has 0 radical (unpaired) electrons. The van der Waals surface area contributed by atoms with Gasteiger partial charge in [0.2, 0.25) is 0 Å². The van der Waals surface area contributed by atoms with Crippen LogP contribution in [0.1, 0.15) is 54.4 Å². The Kier molecular flexibility index (Phi) is 6.30. The Balaban J connectivity index is 2.06. The standard InChI is InChI=1S/C21H36O2Si/c1-8-17-13-18-9-10-20(22)21(18)19(17)11-12-23-24(14(2)3,15(4)5)16(6)7/h8-10,14-19,21H,1,11-13H2,2-7H3/t17-,18+,19+,21+/m1/s1. The number of allylic oxidation sites excluding steroid dienone is 3. The van der Waals surface area contributed by atoms with Crippen LogP contribution in [0.5, 0.6) is 0 Å². The molecule has 0 saturated heterocycles. The van der Waals surface area contributed by atoms with Crippen LogP contribution in [-0.4, -0.2) is 20.7 Å². The van der Waals surface area contributed by atoms with Crippen LogP contribution in [0.25, 0.3) is 0 Å². The highest BCUT2D eigenvalue weighted by Gasteiger charge is 2.48. The van der Waals surface area contributed by atoms with Gasteiger partial charge in [-0.1, -0.05) is 53.7 Å². The van der Waals surface area contributed by atoms with Gasteiger partial charge in [-0.2, -0.15) is 0 Å². The number of carbonyl (C=O) groups is 1. The first-order chi connectivity index (χ1) is 11.3. The molecular weight excluding hydrogens is 312 g/mol.